The molecule has 0 aliphatic heterocycles. The summed E-state index contributed by atoms with van der Waals surface area (Å²) >= 11 is 0. The molecule has 4 nitrogen and oxygen atoms in total. The number of hydrogen-bond acceptors (Lipinski definition) is 3. The number of nitrogens with two attached hydrogens (primary N) is 1. The minimum absolute atomic E-state index is 0.0167. The van der Waals surface area contributed by atoms with E-state index in [0.717, 1.165) is 19.4 Å². The normalized spacial score (nSPS) is 14.3. The van der Waals surface area contributed by atoms with Crippen molar-refractivity contribution in [3.63, 3.8) is 0 Å². The van der Waals surface area contributed by atoms with Crippen LogP contribution >= 0.6 is 0 Å². The zero-order valence-electron chi connectivity index (χ0n) is 13.3. The summed E-state index contributed by atoms with van der Waals surface area (Å²) in [5.41, 5.74) is 8.70. The predicted molar refractivity (Wildman–Crippen MR) is 86.9 cm³/mol. The van der Waals surface area contributed by atoms with E-state index >= 15 is 0 Å². The molecule has 0 aliphatic carbocycles. The van der Waals surface area contributed by atoms with Gasteiger partial charge < -0.3 is 5.73 Å². The molecule has 21 heavy (non-hydrogen) atoms. The first kappa shape index (κ1) is 15.7. The summed E-state index contributed by atoms with van der Waals surface area (Å²) in [5.74, 6) is 0. The maximum absolute atomic E-state index is 6.16. The van der Waals surface area contributed by atoms with Gasteiger partial charge in [-0.3, -0.25) is 9.58 Å². The van der Waals surface area contributed by atoms with E-state index in [1.165, 1.54) is 11.1 Å². The topological polar surface area (TPSA) is 47.1 Å². The Kier molecular flexibility index (Phi) is 5.15. The maximum Gasteiger partial charge on any atom is 0.0534 e. The first-order valence-electron chi connectivity index (χ1n) is 7.52. The highest BCUT2D eigenvalue weighted by Crippen LogP contribution is 2.24. The van der Waals surface area contributed by atoms with Crippen LogP contribution in [0.25, 0.3) is 0 Å². The molecule has 1 unspecified atom stereocenters. The highest BCUT2D eigenvalue weighted by atomic mass is 15.2. The molecule has 2 rings (SSSR count). The van der Waals surface area contributed by atoms with E-state index in [-0.39, 0.29) is 5.54 Å². The molecule has 0 spiro atoms. The fourth-order valence-corrected chi connectivity index (χ4v) is 2.87. The Hall–Kier alpha value is -1.65. The van der Waals surface area contributed by atoms with Gasteiger partial charge in [0.15, 0.2) is 0 Å². The summed E-state index contributed by atoms with van der Waals surface area (Å²) < 4.78 is 1.84. The van der Waals surface area contributed by atoms with Gasteiger partial charge in [0.1, 0.15) is 0 Å². The van der Waals surface area contributed by atoms with Crippen LogP contribution in [0.5, 0.6) is 0 Å². The Labute approximate surface area is 127 Å². The van der Waals surface area contributed by atoms with Gasteiger partial charge in [0.2, 0.25) is 0 Å². The molecule has 0 saturated heterocycles. The van der Waals surface area contributed by atoms with Crippen molar-refractivity contribution in [3.8, 4) is 0 Å². The van der Waals surface area contributed by atoms with Crippen LogP contribution in [0.2, 0.25) is 0 Å². The highest BCUT2D eigenvalue weighted by Gasteiger charge is 2.31. The number of benzene rings is 1. The van der Waals surface area contributed by atoms with Gasteiger partial charge in [-0.25, -0.2) is 0 Å². The second-order valence-corrected chi connectivity index (χ2v) is 5.82. The smallest absolute Gasteiger partial charge is 0.0534 e. The molecule has 0 fully saturated rings. The van der Waals surface area contributed by atoms with Crippen LogP contribution in [0.1, 0.15) is 24.5 Å². The molecule has 1 aromatic heterocycles. The molecule has 114 valence electrons. The van der Waals surface area contributed by atoms with Gasteiger partial charge in [-0.2, -0.15) is 5.10 Å². The number of nitrogens with zero attached hydrogens (tertiary/aromatic N) is 3. The Bertz CT molecular complexity index is 543. The van der Waals surface area contributed by atoms with Gasteiger partial charge in [-0.05, 0) is 25.5 Å². The molecule has 0 bridgehead atoms. The number of likely N-dealkylation sites (N-methyl/N-ethyl adjacent to an activating group) is 1. The molecular formula is C17H26N4. The molecule has 2 N–H and O–H groups in total. The van der Waals surface area contributed by atoms with E-state index < -0.39 is 0 Å². The fraction of sp³-hybridized carbons (Fsp3) is 0.471. The number of rotatable bonds is 7. The van der Waals surface area contributed by atoms with E-state index in [2.05, 4.69) is 60.5 Å². The minimum atomic E-state index is -0.0167. The second-order valence-electron chi connectivity index (χ2n) is 5.82. The van der Waals surface area contributed by atoms with Crippen molar-refractivity contribution in [2.45, 2.75) is 31.8 Å². The average molecular weight is 286 g/mol. The van der Waals surface area contributed by atoms with Crippen molar-refractivity contribution in [2.24, 2.45) is 12.8 Å². The van der Waals surface area contributed by atoms with Crippen molar-refractivity contribution in [2.75, 3.05) is 13.6 Å². The number of hydrogen-bond donors (Lipinski definition) is 1. The molecule has 1 heterocycles. The number of aryl methyl sites for hydroxylation is 1. The Morgan fingerprint density at radius 1 is 1.24 bits per heavy atom. The van der Waals surface area contributed by atoms with Gasteiger partial charge in [0.25, 0.3) is 0 Å². The molecule has 0 amide bonds. The van der Waals surface area contributed by atoms with Gasteiger partial charge in [0.05, 0.1) is 6.20 Å². The number of aromatic nitrogens is 2. The first-order valence-corrected chi connectivity index (χ1v) is 7.52. The van der Waals surface area contributed by atoms with E-state index in [9.17, 15) is 0 Å². The van der Waals surface area contributed by atoms with Crippen LogP contribution in [0.4, 0.5) is 0 Å². The zero-order chi connectivity index (χ0) is 15.3. The van der Waals surface area contributed by atoms with E-state index in [0.29, 0.717) is 6.54 Å². The molecule has 1 atom stereocenters. The highest BCUT2D eigenvalue weighted by molar-refractivity contribution is 5.18. The summed E-state index contributed by atoms with van der Waals surface area (Å²) in [6.07, 6.45) is 5.98. The SMILES string of the molecule is CCC(CN)(Cc1ccccc1)N(C)Cc1cnn(C)c1. The van der Waals surface area contributed by atoms with Crippen molar-refractivity contribution < 1.29 is 0 Å². The molecule has 0 radical (unpaired) electrons. The maximum atomic E-state index is 6.16. The third-order valence-electron chi connectivity index (χ3n) is 4.40. The van der Waals surface area contributed by atoms with Crippen molar-refractivity contribution in [1.29, 1.82) is 0 Å². The van der Waals surface area contributed by atoms with Crippen molar-refractivity contribution in [3.05, 3.63) is 53.9 Å². The van der Waals surface area contributed by atoms with E-state index in [1.807, 2.05) is 17.9 Å². The van der Waals surface area contributed by atoms with Crippen LogP contribution in [0.3, 0.4) is 0 Å². The molecule has 0 saturated carbocycles. The van der Waals surface area contributed by atoms with Crippen LogP contribution in [0.15, 0.2) is 42.7 Å². The third-order valence-corrected chi connectivity index (χ3v) is 4.40. The zero-order valence-corrected chi connectivity index (χ0v) is 13.3. The molecule has 2 aromatic rings. The standard InChI is InChI=1S/C17H26N4/c1-4-17(14-18,10-15-8-6-5-7-9-15)20(2)12-16-11-19-21(3)13-16/h5-9,11,13H,4,10,12,14,18H2,1-3H3. The lowest BCUT2D eigenvalue weighted by Crippen LogP contribution is -2.52. The summed E-state index contributed by atoms with van der Waals surface area (Å²) in [4.78, 5) is 2.37. The predicted octanol–water partition coefficient (Wildman–Crippen LogP) is 2.20. The lowest BCUT2D eigenvalue weighted by atomic mass is 9.86. The largest absolute Gasteiger partial charge is 0.329 e. The van der Waals surface area contributed by atoms with Gasteiger partial charge >= 0.3 is 0 Å². The third kappa shape index (κ3) is 3.71. The average Bonchev–Trinajstić information content (AvgIpc) is 2.91. The summed E-state index contributed by atoms with van der Waals surface area (Å²) in [6, 6.07) is 10.6. The molecule has 1 aromatic carbocycles. The summed E-state index contributed by atoms with van der Waals surface area (Å²) in [7, 11) is 4.11. The quantitative estimate of drug-likeness (QED) is 0.849. The lowest BCUT2D eigenvalue weighted by molar-refractivity contribution is 0.112. The Balaban J connectivity index is 2.16. The van der Waals surface area contributed by atoms with Crippen molar-refractivity contribution >= 4 is 0 Å². The van der Waals surface area contributed by atoms with Crippen LogP contribution in [-0.4, -0.2) is 33.8 Å². The molecular weight excluding hydrogens is 260 g/mol. The Morgan fingerprint density at radius 2 is 1.95 bits per heavy atom. The first-order chi connectivity index (χ1) is 10.1. The van der Waals surface area contributed by atoms with E-state index in [4.69, 9.17) is 5.73 Å². The summed E-state index contributed by atoms with van der Waals surface area (Å²) in [5, 5.41) is 4.25. The van der Waals surface area contributed by atoms with Gasteiger partial charge in [-0.15, -0.1) is 0 Å². The van der Waals surface area contributed by atoms with Crippen molar-refractivity contribution in [1.82, 2.24) is 14.7 Å². The lowest BCUT2D eigenvalue weighted by Gasteiger charge is -2.41. The second kappa shape index (κ2) is 6.87. The van der Waals surface area contributed by atoms with Gasteiger partial charge in [0, 0.05) is 37.4 Å². The minimum Gasteiger partial charge on any atom is -0.329 e. The molecule has 0 aliphatic rings. The monoisotopic (exact) mass is 286 g/mol. The van der Waals surface area contributed by atoms with Crippen LogP contribution in [0, 0.1) is 0 Å². The van der Waals surface area contributed by atoms with Gasteiger partial charge in [-0.1, -0.05) is 37.3 Å². The van der Waals surface area contributed by atoms with Crippen LogP contribution in [-0.2, 0) is 20.0 Å². The Morgan fingerprint density at radius 3 is 2.48 bits per heavy atom. The summed E-state index contributed by atoms with van der Waals surface area (Å²) in [6.45, 7) is 3.73. The molecule has 4 heteroatoms. The van der Waals surface area contributed by atoms with E-state index in [1.54, 1.807) is 0 Å². The van der Waals surface area contributed by atoms with Crippen LogP contribution < -0.4 is 5.73 Å². The fourth-order valence-electron chi connectivity index (χ4n) is 2.87.